The average Bonchev–Trinajstić information content (AvgIpc) is 3.37. The van der Waals surface area contributed by atoms with Gasteiger partial charge in [-0.05, 0) is 115 Å². The lowest BCUT2D eigenvalue weighted by atomic mass is 9.66. The minimum Gasteiger partial charge on any atom is -0.0645 e. The molecule has 0 saturated carbocycles. The Balaban J connectivity index is 1.13. The first-order valence-corrected chi connectivity index (χ1v) is 15.8. The van der Waals surface area contributed by atoms with E-state index in [9.17, 15) is 0 Å². The van der Waals surface area contributed by atoms with Gasteiger partial charge in [0, 0.05) is 5.41 Å². The standard InChI is InChI=1S/C43H36/c1-3-43(4-2)41-18-8-7-17-39(41)40-24-22-35(28-42(40)43)33-15-10-13-31(26-33)30-12-9-14-32(25-30)34-21-23-38-36(27-34)20-19-29-11-5-6-16-37(29)38/h5-27,42H,3-4,28H2,1-2H3. The van der Waals surface area contributed by atoms with Crippen LogP contribution in [0.1, 0.15) is 49.8 Å². The highest BCUT2D eigenvalue weighted by atomic mass is 14.5. The highest BCUT2D eigenvalue weighted by Gasteiger charge is 2.47. The second-order valence-electron chi connectivity index (χ2n) is 12.4. The van der Waals surface area contributed by atoms with Gasteiger partial charge in [-0.15, -0.1) is 0 Å². The predicted molar refractivity (Wildman–Crippen MR) is 185 cm³/mol. The van der Waals surface area contributed by atoms with Crippen LogP contribution in [0.2, 0.25) is 0 Å². The maximum atomic E-state index is 2.42. The Labute approximate surface area is 255 Å². The van der Waals surface area contributed by atoms with Crippen LogP contribution in [0, 0.1) is 5.92 Å². The fraction of sp³-hybridized carbons (Fsp3) is 0.163. The van der Waals surface area contributed by atoms with Gasteiger partial charge in [-0.1, -0.05) is 135 Å². The van der Waals surface area contributed by atoms with Crippen molar-refractivity contribution in [3.8, 4) is 22.3 Å². The van der Waals surface area contributed by atoms with Gasteiger partial charge in [0.15, 0.2) is 0 Å². The molecule has 1 unspecified atom stereocenters. The van der Waals surface area contributed by atoms with Crippen molar-refractivity contribution >= 4 is 32.7 Å². The lowest BCUT2D eigenvalue weighted by Gasteiger charge is -2.37. The molecule has 0 fully saturated rings. The van der Waals surface area contributed by atoms with Crippen LogP contribution in [0.4, 0.5) is 0 Å². The molecule has 8 rings (SSSR count). The van der Waals surface area contributed by atoms with Gasteiger partial charge >= 0.3 is 0 Å². The van der Waals surface area contributed by atoms with Crippen molar-refractivity contribution in [1.82, 2.24) is 0 Å². The normalized spacial score (nSPS) is 16.9. The van der Waals surface area contributed by atoms with Crippen LogP contribution in [-0.4, -0.2) is 0 Å². The van der Waals surface area contributed by atoms with Crippen LogP contribution in [0.5, 0.6) is 0 Å². The summed E-state index contributed by atoms with van der Waals surface area (Å²) in [7, 11) is 0. The van der Waals surface area contributed by atoms with Crippen LogP contribution in [0.25, 0.3) is 54.9 Å². The topological polar surface area (TPSA) is 0 Å². The molecule has 0 saturated heterocycles. The fourth-order valence-corrected chi connectivity index (χ4v) is 8.14. The third-order valence-corrected chi connectivity index (χ3v) is 10.5. The monoisotopic (exact) mass is 552 g/mol. The van der Waals surface area contributed by atoms with Crippen LogP contribution >= 0.6 is 0 Å². The van der Waals surface area contributed by atoms with Crippen LogP contribution in [-0.2, 0) is 5.41 Å². The lowest BCUT2D eigenvalue weighted by molar-refractivity contribution is 0.320. The maximum Gasteiger partial charge on any atom is 0.00258 e. The van der Waals surface area contributed by atoms with E-state index in [4.69, 9.17) is 0 Å². The van der Waals surface area contributed by atoms with E-state index in [2.05, 4.69) is 153 Å². The molecular formula is C43H36. The van der Waals surface area contributed by atoms with Crippen LogP contribution < -0.4 is 0 Å². The van der Waals surface area contributed by atoms with Crippen molar-refractivity contribution in [3.05, 3.63) is 156 Å². The molecule has 208 valence electrons. The molecule has 0 amide bonds. The van der Waals surface area contributed by atoms with E-state index in [1.54, 1.807) is 5.56 Å². The lowest BCUT2D eigenvalue weighted by Crippen LogP contribution is -2.30. The Bertz CT molecular complexity index is 2080. The molecule has 0 N–H and O–H groups in total. The van der Waals surface area contributed by atoms with Crippen molar-refractivity contribution in [2.45, 2.75) is 38.5 Å². The molecule has 0 heteroatoms. The molecule has 2 aliphatic rings. The molecule has 0 bridgehead atoms. The highest BCUT2D eigenvalue weighted by molar-refractivity contribution is 6.08. The Morgan fingerprint density at radius 3 is 1.95 bits per heavy atom. The van der Waals surface area contributed by atoms with Crippen molar-refractivity contribution in [1.29, 1.82) is 0 Å². The number of allylic oxidation sites excluding steroid dienone is 4. The minimum absolute atomic E-state index is 0.222. The largest absolute Gasteiger partial charge is 0.0645 e. The first kappa shape index (κ1) is 26.0. The summed E-state index contributed by atoms with van der Waals surface area (Å²) in [5.41, 5.74) is 12.6. The quantitative estimate of drug-likeness (QED) is 0.187. The van der Waals surface area contributed by atoms with Gasteiger partial charge in [0.05, 0.1) is 0 Å². The van der Waals surface area contributed by atoms with Gasteiger partial charge in [0.25, 0.3) is 0 Å². The Morgan fingerprint density at radius 2 is 1.16 bits per heavy atom. The molecule has 0 radical (unpaired) electrons. The summed E-state index contributed by atoms with van der Waals surface area (Å²) in [6, 6.07) is 47.4. The van der Waals surface area contributed by atoms with Gasteiger partial charge in [0.2, 0.25) is 0 Å². The van der Waals surface area contributed by atoms with E-state index >= 15 is 0 Å². The van der Waals surface area contributed by atoms with E-state index in [-0.39, 0.29) is 5.41 Å². The molecule has 0 aromatic heterocycles. The van der Waals surface area contributed by atoms with Crippen molar-refractivity contribution in [2.75, 3.05) is 0 Å². The van der Waals surface area contributed by atoms with Gasteiger partial charge < -0.3 is 0 Å². The number of hydrogen-bond donors (Lipinski definition) is 0. The molecule has 0 heterocycles. The summed E-state index contributed by atoms with van der Waals surface area (Å²) < 4.78 is 0. The van der Waals surface area contributed by atoms with Gasteiger partial charge in [-0.25, -0.2) is 0 Å². The van der Waals surface area contributed by atoms with E-state index in [1.165, 1.54) is 78.9 Å². The molecule has 0 spiro atoms. The molecule has 2 aliphatic carbocycles. The number of fused-ring (bicyclic) bond motifs is 6. The number of benzene rings is 6. The van der Waals surface area contributed by atoms with E-state index in [0.29, 0.717) is 5.92 Å². The van der Waals surface area contributed by atoms with Crippen molar-refractivity contribution < 1.29 is 0 Å². The Hall–Kier alpha value is -4.68. The molecule has 6 aromatic carbocycles. The van der Waals surface area contributed by atoms with Gasteiger partial charge in [-0.3, -0.25) is 0 Å². The molecule has 1 atom stereocenters. The third kappa shape index (κ3) is 4.12. The van der Waals surface area contributed by atoms with Gasteiger partial charge in [-0.2, -0.15) is 0 Å². The number of rotatable bonds is 5. The molecule has 0 aliphatic heterocycles. The van der Waals surface area contributed by atoms with Crippen LogP contribution in [0.3, 0.4) is 0 Å². The zero-order valence-electron chi connectivity index (χ0n) is 25.0. The number of hydrogen-bond acceptors (Lipinski definition) is 0. The van der Waals surface area contributed by atoms with E-state index in [1.807, 2.05) is 0 Å². The Kier molecular flexibility index (Phi) is 6.19. The maximum absolute atomic E-state index is 2.42. The van der Waals surface area contributed by atoms with Gasteiger partial charge in [0.1, 0.15) is 0 Å². The summed E-state index contributed by atoms with van der Waals surface area (Å²) in [5, 5.41) is 5.19. The Morgan fingerprint density at radius 1 is 0.535 bits per heavy atom. The second-order valence-corrected chi connectivity index (χ2v) is 12.4. The molecule has 0 nitrogen and oxygen atoms in total. The zero-order chi connectivity index (χ0) is 29.0. The first-order chi connectivity index (χ1) is 21.2. The van der Waals surface area contributed by atoms with Crippen molar-refractivity contribution in [3.63, 3.8) is 0 Å². The summed E-state index contributed by atoms with van der Waals surface area (Å²) in [5.74, 6) is 0.539. The summed E-state index contributed by atoms with van der Waals surface area (Å²) in [6.45, 7) is 4.76. The summed E-state index contributed by atoms with van der Waals surface area (Å²) in [6.07, 6.45) is 8.25. The zero-order valence-corrected chi connectivity index (χ0v) is 25.0. The second kappa shape index (κ2) is 10.2. The van der Waals surface area contributed by atoms with E-state index < -0.39 is 0 Å². The average molecular weight is 553 g/mol. The summed E-state index contributed by atoms with van der Waals surface area (Å²) >= 11 is 0. The minimum atomic E-state index is 0.222. The molecule has 43 heavy (non-hydrogen) atoms. The van der Waals surface area contributed by atoms with E-state index in [0.717, 1.165) is 6.42 Å². The fourth-order valence-electron chi connectivity index (χ4n) is 8.14. The third-order valence-electron chi connectivity index (χ3n) is 10.5. The SMILES string of the molecule is CCC1(CC)c2ccccc2C2=CC=C(c3cccc(-c4cccc(-c5ccc6c(ccc7ccccc76)c5)c4)c3)CC21. The molecular weight excluding hydrogens is 516 g/mol. The predicted octanol–water partition coefficient (Wildman–Crippen LogP) is 11.9. The summed E-state index contributed by atoms with van der Waals surface area (Å²) in [4.78, 5) is 0. The van der Waals surface area contributed by atoms with Crippen LogP contribution in [0.15, 0.2) is 140 Å². The smallest absolute Gasteiger partial charge is 0.00258 e. The highest BCUT2D eigenvalue weighted by Crippen LogP contribution is 2.58. The molecule has 6 aromatic rings. The first-order valence-electron chi connectivity index (χ1n) is 15.8. The van der Waals surface area contributed by atoms with Crippen molar-refractivity contribution in [2.24, 2.45) is 5.92 Å².